The molecule has 0 bridgehead atoms. The van der Waals surface area contributed by atoms with Crippen LogP contribution < -0.4 is 4.90 Å². The summed E-state index contributed by atoms with van der Waals surface area (Å²) in [6.45, 7) is 1.47. The van der Waals surface area contributed by atoms with Crippen LogP contribution in [-0.4, -0.2) is 70.5 Å². The minimum absolute atomic E-state index is 0.127. The molecule has 1 amide bonds. The molecule has 1 aromatic carbocycles. The quantitative estimate of drug-likeness (QED) is 0.653. The molecule has 172 valence electrons. The molecule has 1 aliphatic heterocycles. The number of benzene rings is 1. The molecule has 0 spiro atoms. The molecule has 2 heterocycles. The number of esters is 1. The number of carbonyl (C=O) groups excluding carboxylic acids is 2. The number of aliphatic carboxylic acids is 2. The summed E-state index contributed by atoms with van der Waals surface area (Å²) in [5.74, 6) is -5.56. The molecular formula is C19H17F3N2O8. The molecule has 1 saturated heterocycles. The number of pyridine rings is 1. The maximum Gasteiger partial charge on any atom is 0.490 e. The number of fused-ring (bicyclic) bond motifs is 1. The first kappa shape index (κ1) is 24.5. The molecule has 0 unspecified atom stereocenters. The highest BCUT2D eigenvalue weighted by atomic mass is 19.4. The SMILES string of the molecule is CC(=O)O[C@@H](C(=O)O)[C@H]1OCCN(c2ccc3cccnc3c2)C1=O.O=C(O)C(F)(F)F. The van der Waals surface area contributed by atoms with Crippen molar-refractivity contribution in [2.75, 3.05) is 18.1 Å². The van der Waals surface area contributed by atoms with Crippen molar-refractivity contribution in [3.63, 3.8) is 0 Å². The summed E-state index contributed by atoms with van der Waals surface area (Å²) in [6, 6.07) is 9.05. The lowest BCUT2D eigenvalue weighted by Crippen LogP contribution is -2.55. The van der Waals surface area contributed by atoms with Gasteiger partial charge >= 0.3 is 24.1 Å². The van der Waals surface area contributed by atoms with E-state index in [1.165, 1.54) is 4.90 Å². The van der Waals surface area contributed by atoms with Crippen molar-refractivity contribution in [1.82, 2.24) is 4.98 Å². The van der Waals surface area contributed by atoms with Gasteiger partial charge in [0.1, 0.15) is 0 Å². The largest absolute Gasteiger partial charge is 0.490 e. The molecule has 10 nitrogen and oxygen atoms in total. The Labute approximate surface area is 178 Å². The third-order valence-electron chi connectivity index (χ3n) is 4.08. The second kappa shape index (κ2) is 10.0. The molecule has 2 aromatic rings. The van der Waals surface area contributed by atoms with Gasteiger partial charge in [-0.05, 0) is 18.2 Å². The second-order valence-corrected chi connectivity index (χ2v) is 6.33. The van der Waals surface area contributed by atoms with Crippen LogP contribution in [0.5, 0.6) is 0 Å². The van der Waals surface area contributed by atoms with Crippen molar-refractivity contribution in [3.05, 3.63) is 36.5 Å². The third-order valence-corrected chi connectivity index (χ3v) is 4.08. The van der Waals surface area contributed by atoms with Gasteiger partial charge in [0.25, 0.3) is 5.91 Å². The van der Waals surface area contributed by atoms with Gasteiger partial charge in [0.2, 0.25) is 6.10 Å². The number of morpholine rings is 1. The highest BCUT2D eigenvalue weighted by Gasteiger charge is 2.42. The first-order valence-corrected chi connectivity index (χ1v) is 8.89. The maximum atomic E-state index is 12.7. The Morgan fingerprint density at radius 1 is 1.25 bits per heavy atom. The van der Waals surface area contributed by atoms with E-state index in [2.05, 4.69) is 4.98 Å². The number of rotatable bonds is 4. The summed E-state index contributed by atoms with van der Waals surface area (Å²) in [7, 11) is 0. The van der Waals surface area contributed by atoms with Crippen molar-refractivity contribution in [1.29, 1.82) is 0 Å². The molecular weight excluding hydrogens is 441 g/mol. The zero-order valence-electron chi connectivity index (χ0n) is 16.4. The van der Waals surface area contributed by atoms with Crippen molar-refractivity contribution in [2.24, 2.45) is 0 Å². The summed E-state index contributed by atoms with van der Waals surface area (Å²) >= 11 is 0. The number of ether oxygens (including phenoxy) is 2. The number of carbonyl (C=O) groups is 4. The zero-order chi connectivity index (χ0) is 24.1. The Kier molecular flexibility index (Phi) is 7.70. The van der Waals surface area contributed by atoms with E-state index in [0.717, 1.165) is 12.3 Å². The number of anilines is 1. The fourth-order valence-corrected chi connectivity index (χ4v) is 2.72. The maximum absolute atomic E-state index is 12.7. The van der Waals surface area contributed by atoms with Gasteiger partial charge in [-0.1, -0.05) is 12.1 Å². The van der Waals surface area contributed by atoms with Crippen LogP contribution in [0, 0.1) is 0 Å². The van der Waals surface area contributed by atoms with Crippen LogP contribution in [0.15, 0.2) is 36.5 Å². The fourth-order valence-electron chi connectivity index (χ4n) is 2.72. The number of hydrogen-bond acceptors (Lipinski definition) is 7. The Morgan fingerprint density at radius 2 is 1.91 bits per heavy atom. The number of amides is 1. The van der Waals surface area contributed by atoms with E-state index in [0.29, 0.717) is 11.2 Å². The molecule has 0 aliphatic carbocycles. The Hall–Kier alpha value is -3.74. The molecule has 0 radical (unpaired) electrons. The van der Waals surface area contributed by atoms with E-state index in [-0.39, 0.29) is 13.2 Å². The predicted octanol–water partition coefficient (Wildman–Crippen LogP) is 1.62. The highest BCUT2D eigenvalue weighted by Crippen LogP contribution is 2.24. The van der Waals surface area contributed by atoms with Gasteiger partial charge in [0.05, 0.1) is 12.1 Å². The summed E-state index contributed by atoms with van der Waals surface area (Å²) in [4.78, 5) is 49.8. The Morgan fingerprint density at radius 3 is 2.47 bits per heavy atom. The van der Waals surface area contributed by atoms with E-state index in [4.69, 9.17) is 19.4 Å². The number of aromatic nitrogens is 1. The van der Waals surface area contributed by atoms with E-state index in [9.17, 15) is 32.7 Å². The summed E-state index contributed by atoms with van der Waals surface area (Å²) in [5.41, 5.74) is 1.29. The van der Waals surface area contributed by atoms with Gasteiger partial charge in [-0.3, -0.25) is 14.6 Å². The molecule has 1 aliphatic rings. The number of carboxylic acids is 2. The van der Waals surface area contributed by atoms with Gasteiger partial charge in [-0.25, -0.2) is 9.59 Å². The number of carboxylic acid groups (broad SMARTS) is 2. The van der Waals surface area contributed by atoms with Crippen LogP contribution in [0.1, 0.15) is 6.92 Å². The van der Waals surface area contributed by atoms with Crippen molar-refractivity contribution >= 4 is 40.4 Å². The molecule has 2 atom stereocenters. The Balaban J connectivity index is 0.000000451. The average molecular weight is 458 g/mol. The van der Waals surface area contributed by atoms with Crippen LogP contribution >= 0.6 is 0 Å². The van der Waals surface area contributed by atoms with Gasteiger partial charge in [0.15, 0.2) is 6.10 Å². The van der Waals surface area contributed by atoms with E-state index >= 15 is 0 Å². The van der Waals surface area contributed by atoms with Gasteiger partial charge in [0, 0.05) is 30.7 Å². The molecule has 1 aromatic heterocycles. The van der Waals surface area contributed by atoms with Crippen molar-refractivity contribution < 1.29 is 52.0 Å². The lowest BCUT2D eigenvalue weighted by Gasteiger charge is -2.34. The lowest BCUT2D eigenvalue weighted by atomic mass is 10.1. The third kappa shape index (κ3) is 6.14. The first-order valence-electron chi connectivity index (χ1n) is 8.89. The highest BCUT2D eigenvalue weighted by molar-refractivity contribution is 6.01. The van der Waals surface area contributed by atoms with Crippen LogP contribution in [0.3, 0.4) is 0 Å². The standard InChI is InChI=1S/C17H16N2O6.C2HF3O2/c1-10(20)25-15(17(22)23)14-16(21)19(7-8-24-14)12-5-4-11-3-2-6-18-13(11)9-12;3-2(4,5)1(6)7/h2-6,9,14-15H,7-8H2,1H3,(H,22,23);(H,6,7)/t14-,15-;/m1./s1. The van der Waals surface area contributed by atoms with Gasteiger partial charge in [-0.2, -0.15) is 13.2 Å². The molecule has 32 heavy (non-hydrogen) atoms. The minimum Gasteiger partial charge on any atom is -0.478 e. The summed E-state index contributed by atoms with van der Waals surface area (Å²) in [6.07, 6.45) is -6.52. The van der Waals surface area contributed by atoms with Crippen LogP contribution in [0.2, 0.25) is 0 Å². The van der Waals surface area contributed by atoms with Crippen LogP contribution in [0.4, 0.5) is 18.9 Å². The average Bonchev–Trinajstić information content (AvgIpc) is 2.71. The zero-order valence-corrected chi connectivity index (χ0v) is 16.4. The number of alkyl halides is 3. The minimum atomic E-state index is -5.08. The molecule has 2 N–H and O–H groups in total. The van der Waals surface area contributed by atoms with Crippen LogP contribution in [0.25, 0.3) is 10.9 Å². The van der Waals surface area contributed by atoms with Crippen molar-refractivity contribution in [3.8, 4) is 0 Å². The smallest absolute Gasteiger partial charge is 0.478 e. The van der Waals surface area contributed by atoms with E-state index in [1.807, 2.05) is 18.2 Å². The van der Waals surface area contributed by atoms with Crippen molar-refractivity contribution in [2.45, 2.75) is 25.3 Å². The number of halogens is 3. The van der Waals surface area contributed by atoms with E-state index in [1.54, 1.807) is 18.3 Å². The van der Waals surface area contributed by atoms with Crippen LogP contribution in [-0.2, 0) is 28.7 Å². The lowest BCUT2D eigenvalue weighted by molar-refractivity contribution is -0.192. The molecule has 0 saturated carbocycles. The summed E-state index contributed by atoms with van der Waals surface area (Å²) < 4.78 is 41.8. The van der Waals surface area contributed by atoms with E-state index < -0.39 is 42.2 Å². The number of nitrogens with zero attached hydrogens (tertiary/aromatic N) is 2. The topological polar surface area (TPSA) is 143 Å². The monoisotopic (exact) mass is 458 g/mol. The molecule has 3 rings (SSSR count). The molecule has 1 fully saturated rings. The normalized spacial score (nSPS) is 17.2. The first-order chi connectivity index (χ1) is 14.9. The number of hydrogen-bond donors (Lipinski definition) is 2. The van der Waals surface area contributed by atoms with Gasteiger partial charge < -0.3 is 24.6 Å². The predicted molar refractivity (Wildman–Crippen MR) is 101 cm³/mol. The summed E-state index contributed by atoms with van der Waals surface area (Å²) in [5, 5.41) is 17.3. The molecule has 13 heteroatoms. The van der Waals surface area contributed by atoms with Gasteiger partial charge in [-0.15, -0.1) is 0 Å². The second-order valence-electron chi connectivity index (χ2n) is 6.33. The fraction of sp³-hybridized carbons (Fsp3) is 0.316. The Bertz CT molecular complexity index is 1030.